The summed E-state index contributed by atoms with van der Waals surface area (Å²) in [5, 5.41) is 8.89. The topological polar surface area (TPSA) is 40.5 Å². The third-order valence-corrected chi connectivity index (χ3v) is 4.16. The minimum Gasteiger partial charge on any atom is -0.478 e. The summed E-state index contributed by atoms with van der Waals surface area (Å²) in [5.41, 5.74) is 1.47. The van der Waals surface area contributed by atoms with E-state index in [1.54, 1.807) is 12.1 Å². The molecule has 1 aliphatic carbocycles. The molecule has 0 heterocycles. The summed E-state index contributed by atoms with van der Waals surface area (Å²) in [5.74, 6) is -0.885. The predicted molar refractivity (Wildman–Crippen MR) is 70.2 cm³/mol. The van der Waals surface area contributed by atoms with Crippen molar-refractivity contribution in [3.05, 3.63) is 33.8 Å². The lowest BCUT2D eigenvalue weighted by atomic mass is 9.91. The van der Waals surface area contributed by atoms with E-state index < -0.39 is 5.97 Å². The van der Waals surface area contributed by atoms with Gasteiger partial charge < -0.3 is 5.11 Å². The predicted octanol–water partition coefficient (Wildman–Crippen LogP) is 3.13. The van der Waals surface area contributed by atoms with Crippen LogP contribution < -0.4 is 0 Å². The molecule has 1 saturated carbocycles. The summed E-state index contributed by atoms with van der Waals surface area (Å²) in [4.78, 5) is 13.2. The number of carboxylic acid groups (broad SMARTS) is 1. The summed E-state index contributed by atoms with van der Waals surface area (Å²) in [6.07, 6.45) is 3.89. The zero-order valence-corrected chi connectivity index (χ0v) is 11.4. The second-order valence-electron chi connectivity index (χ2n) is 4.61. The Bertz CT molecular complexity index is 429. The van der Waals surface area contributed by atoms with Crippen LogP contribution in [0.25, 0.3) is 0 Å². The summed E-state index contributed by atoms with van der Waals surface area (Å²) >= 11 is 3.44. The summed E-state index contributed by atoms with van der Waals surface area (Å²) in [6, 6.07) is 5.92. The van der Waals surface area contributed by atoms with Crippen molar-refractivity contribution in [1.29, 1.82) is 0 Å². The maximum Gasteiger partial charge on any atom is 0.335 e. The fraction of sp³-hybridized carbons (Fsp3) is 0.462. The van der Waals surface area contributed by atoms with E-state index >= 15 is 0 Å². The molecule has 1 N–H and O–H groups in total. The Kier molecular flexibility index (Phi) is 3.84. The molecule has 1 fully saturated rings. The molecule has 0 saturated heterocycles. The lowest BCUT2D eigenvalue weighted by Crippen LogP contribution is -2.36. The average molecular weight is 298 g/mol. The summed E-state index contributed by atoms with van der Waals surface area (Å²) in [7, 11) is 2.13. The molecule has 0 spiro atoms. The van der Waals surface area contributed by atoms with Crippen LogP contribution in [0.15, 0.2) is 22.7 Å². The summed E-state index contributed by atoms with van der Waals surface area (Å²) in [6.45, 7) is 0.866. The van der Waals surface area contributed by atoms with Gasteiger partial charge in [0.1, 0.15) is 0 Å². The monoisotopic (exact) mass is 297 g/mol. The normalized spacial score (nSPS) is 15.9. The smallest absolute Gasteiger partial charge is 0.335 e. The van der Waals surface area contributed by atoms with E-state index in [4.69, 9.17) is 5.11 Å². The first kappa shape index (κ1) is 12.6. The van der Waals surface area contributed by atoms with Gasteiger partial charge in [-0.15, -0.1) is 0 Å². The first-order valence-corrected chi connectivity index (χ1v) is 6.59. The molecule has 0 bridgehead atoms. The van der Waals surface area contributed by atoms with Gasteiger partial charge in [-0.25, -0.2) is 4.79 Å². The van der Waals surface area contributed by atoms with Crippen LogP contribution in [0.3, 0.4) is 0 Å². The van der Waals surface area contributed by atoms with Crippen LogP contribution in [0.5, 0.6) is 0 Å². The van der Waals surface area contributed by atoms with Gasteiger partial charge in [-0.3, -0.25) is 4.90 Å². The summed E-state index contributed by atoms with van der Waals surface area (Å²) < 4.78 is 0.878. The van der Waals surface area contributed by atoms with Crippen molar-refractivity contribution >= 4 is 21.9 Å². The largest absolute Gasteiger partial charge is 0.478 e. The molecule has 2 rings (SSSR count). The molecule has 0 amide bonds. The molecule has 1 aromatic carbocycles. The fourth-order valence-corrected chi connectivity index (χ4v) is 2.54. The van der Waals surface area contributed by atoms with Crippen molar-refractivity contribution in [3.63, 3.8) is 0 Å². The standard InChI is InChI=1S/C13H16BrNO2/c1-15(11-3-2-4-11)8-10-6-5-9(13(16)17)7-12(10)14/h5-7,11H,2-4,8H2,1H3,(H,16,17). The lowest BCUT2D eigenvalue weighted by Gasteiger charge is -2.35. The molecule has 3 nitrogen and oxygen atoms in total. The number of hydrogen-bond donors (Lipinski definition) is 1. The molecule has 4 heteroatoms. The van der Waals surface area contributed by atoms with Crippen molar-refractivity contribution in [2.24, 2.45) is 0 Å². The molecule has 0 aromatic heterocycles. The fourth-order valence-electron chi connectivity index (χ4n) is 2.03. The quantitative estimate of drug-likeness (QED) is 0.928. The van der Waals surface area contributed by atoms with Crippen LogP contribution in [-0.2, 0) is 6.54 Å². The second kappa shape index (κ2) is 5.19. The highest BCUT2D eigenvalue weighted by atomic mass is 79.9. The van der Waals surface area contributed by atoms with Crippen LogP contribution >= 0.6 is 15.9 Å². The van der Waals surface area contributed by atoms with E-state index in [1.807, 2.05) is 6.07 Å². The van der Waals surface area contributed by atoms with Crippen molar-refractivity contribution in [2.45, 2.75) is 31.8 Å². The molecular formula is C13H16BrNO2. The van der Waals surface area contributed by atoms with Gasteiger partial charge in [0, 0.05) is 17.1 Å². The first-order chi connectivity index (χ1) is 8.08. The van der Waals surface area contributed by atoms with E-state index in [-0.39, 0.29) is 0 Å². The average Bonchev–Trinajstić information content (AvgIpc) is 2.18. The maximum atomic E-state index is 10.8. The third kappa shape index (κ3) is 2.87. The Morgan fingerprint density at radius 1 is 1.53 bits per heavy atom. The third-order valence-electron chi connectivity index (χ3n) is 3.42. The van der Waals surface area contributed by atoms with E-state index in [0.717, 1.165) is 16.6 Å². The van der Waals surface area contributed by atoms with Gasteiger partial charge in [-0.1, -0.05) is 28.4 Å². The Morgan fingerprint density at radius 2 is 2.24 bits per heavy atom. The molecule has 92 valence electrons. The van der Waals surface area contributed by atoms with Crippen LogP contribution in [0.1, 0.15) is 35.2 Å². The highest BCUT2D eigenvalue weighted by Gasteiger charge is 2.22. The lowest BCUT2D eigenvalue weighted by molar-refractivity contribution is 0.0696. The van der Waals surface area contributed by atoms with Crippen LogP contribution in [0.2, 0.25) is 0 Å². The van der Waals surface area contributed by atoms with Crippen LogP contribution in [0.4, 0.5) is 0 Å². The first-order valence-electron chi connectivity index (χ1n) is 5.80. The van der Waals surface area contributed by atoms with Gasteiger partial charge in [0.05, 0.1) is 5.56 Å². The number of benzene rings is 1. The molecule has 1 aliphatic rings. The van der Waals surface area contributed by atoms with Crippen molar-refractivity contribution in [2.75, 3.05) is 7.05 Å². The van der Waals surface area contributed by atoms with Crippen molar-refractivity contribution in [3.8, 4) is 0 Å². The Hall–Kier alpha value is -0.870. The minimum absolute atomic E-state index is 0.326. The minimum atomic E-state index is -0.885. The maximum absolute atomic E-state index is 10.8. The Labute approximate surface area is 110 Å². The number of carbonyl (C=O) groups is 1. The van der Waals surface area contributed by atoms with E-state index in [1.165, 1.54) is 19.3 Å². The number of carboxylic acids is 1. The molecule has 0 atom stereocenters. The molecule has 1 aromatic rings. The highest BCUT2D eigenvalue weighted by Crippen LogP contribution is 2.27. The van der Waals surface area contributed by atoms with E-state index in [9.17, 15) is 4.79 Å². The van der Waals surface area contributed by atoms with Gasteiger partial charge in [0.25, 0.3) is 0 Å². The van der Waals surface area contributed by atoms with Crippen molar-refractivity contribution < 1.29 is 9.90 Å². The molecule has 0 aliphatic heterocycles. The highest BCUT2D eigenvalue weighted by molar-refractivity contribution is 9.10. The zero-order chi connectivity index (χ0) is 12.4. The zero-order valence-electron chi connectivity index (χ0n) is 9.82. The number of aromatic carboxylic acids is 1. The SMILES string of the molecule is CN(Cc1ccc(C(=O)O)cc1Br)C1CCC1. The molecular weight excluding hydrogens is 282 g/mol. The Balaban J connectivity index is 2.07. The van der Waals surface area contributed by atoms with E-state index in [0.29, 0.717) is 11.6 Å². The van der Waals surface area contributed by atoms with E-state index in [2.05, 4.69) is 27.9 Å². The number of rotatable bonds is 4. The van der Waals surface area contributed by atoms with Gasteiger partial charge in [-0.05, 0) is 37.6 Å². The Morgan fingerprint density at radius 3 is 2.71 bits per heavy atom. The number of nitrogens with zero attached hydrogens (tertiary/aromatic N) is 1. The molecule has 0 unspecified atom stereocenters. The second-order valence-corrected chi connectivity index (χ2v) is 5.47. The van der Waals surface area contributed by atoms with Gasteiger partial charge in [0.15, 0.2) is 0 Å². The number of halogens is 1. The van der Waals surface area contributed by atoms with Gasteiger partial charge in [0.2, 0.25) is 0 Å². The van der Waals surface area contributed by atoms with Crippen LogP contribution in [0, 0.1) is 0 Å². The van der Waals surface area contributed by atoms with Crippen molar-refractivity contribution in [1.82, 2.24) is 4.90 Å². The van der Waals surface area contributed by atoms with Crippen LogP contribution in [-0.4, -0.2) is 29.1 Å². The van der Waals surface area contributed by atoms with Gasteiger partial charge in [-0.2, -0.15) is 0 Å². The molecule has 0 radical (unpaired) electrons. The van der Waals surface area contributed by atoms with Gasteiger partial charge >= 0.3 is 5.97 Å². The number of hydrogen-bond acceptors (Lipinski definition) is 2. The molecule has 17 heavy (non-hydrogen) atoms.